The Balaban J connectivity index is 1.29. The van der Waals surface area contributed by atoms with Gasteiger partial charge in [-0.3, -0.25) is 4.90 Å². The third-order valence-electron chi connectivity index (χ3n) is 16.1. The zero-order valence-electron chi connectivity index (χ0n) is 44.5. The zero-order chi connectivity index (χ0) is 50.7. The lowest BCUT2D eigenvalue weighted by Crippen LogP contribution is -2.56. The van der Waals surface area contributed by atoms with Gasteiger partial charge in [0, 0.05) is 71.8 Å². The van der Waals surface area contributed by atoms with Crippen LogP contribution in [0.3, 0.4) is 0 Å². The fraction of sp³-hybridized carbons (Fsp3) is 0.235. The van der Waals surface area contributed by atoms with Crippen molar-refractivity contribution in [2.75, 3.05) is 4.90 Å². The summed E-state index contributed by atoms with van der Waals surface area (Å²) in [4.78, 5) is 2.47. The molecule has 0 aliphatic carbocycles. The van der Waals surface area contributed by atoms with Crippen molar-refractivity contribution in [2.24, 2.45) is 0 Å². The largest absolute Gasteiger partial charge is 0.440 e. The highest BCUT2D eigenvalue weighted by molar-refractivity contribution is 6.91. The maximum absolute atomic E-state index is 7.69. The lowest BCUT2D eigenvalue weighted by molar-refractivity contribution is 0.585. The van der Waals surface area contributed by atoms with Crippen LogP contribution in [0.2, 0.25) is 0 Å². The van der Waals surface area contributed by atoms with Gasteiger partial charge in [0.15, 0.2) is 0 Å². The van der Waals surface area contributed by atoms with E-state index in [-0.39, 0.29) is 28.5 Å². The number of hydrogen-bond donors (Lipinski definition) is 0. The van der Waals surface area contributed by atoms with Gasteiger partial charge in [-0.15, -0.1) is 0 Å². The highest BCUT2D eigenvalue weighted by Crippen LogP contribution is 2.54. The lowest BCUT2D eigenvalue weighted by Gasteiger charge is -2.40. The molecule has 8 aromatic carbocycles. The summed E-state index contributed by atoms with van der Waals surface area (Å²) in [5.74, 6) is 1.73. The fourth-order valence-electron chi connectivity index (χ4n) is 12.2. The Hall–Kier alpha value is -7.50. The smallest absolute Gasteiger partial charge is 0.337 e. The monoisotopic (exact) mass is 950 g/mol. The number of anilines is 3. The van der Waals surface area contributed by atoms with Crippen LogP contribution in [-0.2, 0) is 21.7 Å². The summed E-state index contributed by atoms with van der Waals surface area (Å²) in [5.41, 5.74) is 21.5. The topological polar surface area (TPSA) is 26.2 Å². The Morgan fingerprint density at radius 3 is 1.51 bits per heavy atom. The summed E-state index contributed by atoms with van der Waals surface area (Å²) in [5, 5.41) is 5.10. The molecule has 3 aromatic heterocycles. The molecule has 0 bridgehead atoms. The predicted molar refractivity (Wildman–Crippen MR) is 312 cm³/mol. The number of aromatic nitrogens is 2. The quantitative estimate of drug-likeness (QED) is 0.164. The Morgan fingerprint density at radius 2 is 0.918 bits per heavy atom. The average molecular weight is 950 g/mol. The second-order valence-electron chi connectivity index (χ2n) is 25.0. The molecule has 0 saturated carbocycles. The van der Waals surface area contributed by atoms with Crippen molar-refractivity contribution in [2.45, 2.75) is 105 Å². The summed E-state index contributed by atoms with van der Waals surface area (Å²) >= 11 is 0. The molecule has 2 aliphatic heterocycles. The average Bonchev–Trinajstić information content (AvgIpc) is 4.03. The number of fused-ring (bicyclic) bond motifs is 11. The highest BCUT2D eigenvalue weighted by atomic mass is 16.4. The summed E-state index contributed by atoms with van der Waals surface area (Å²) in [6, 6.07) is 64.3. The summed E-state index contributed by atoms with van der Waals surface area (Å²) < 4.78 is 13.0. The van der Waals surface area contributed by atoms with E-state index in [9.17, 15) is 0 Å². The molecule has 2 aliphatic rings. The van der Waals surface area contributed by atoms with Crippen LogP contribution in [0.5, 0.6) is 0 Å². The predicted octanol–water partition coefficient (Wildman–Crippen LogP) is 17.4. The summed E-state index contributed by atoms with van der Waals surface area (Å²) in [6.45, 7) is 27.7. The second kappa shape index (κ2) is 15.5. The van der Waals surface area contributed by atoms with Crippen LogP contribution in [-0.4, -0.2) is 15.9 Å². The second-order valence-corrected chi connectivity index (χ2v) is 25.0. The molecule has 0 radical (unpaired) electrons. The molecule has 0 amide bonds. The maximum Gasteiger partial charge on any atom is 0.337 e. The molecule has 0 saturated heterocycles. The Kier molecular flexibility index (Phi) is 9.64. The van der Waals surface area contributed by atoms with Crippen LogP contribution in [0, 0.1) is 0 Å². The number of benzene rings is 8. The first-order valence-electron chi connectivity index (χ1n) is 26.3. The molecule has 13 rings (SSSR count). The first-order valence-corrected chi connectivity index (χ1v) is 26.3. The van der Waals surface area contributed by atoms with Gasteiger partial charge in [-0.25, -0.2) is 0 Å². The molecule has 11 aromatic rings. The third kappa shape index (κ3) is 6.80. The molecule has 0 fully saturated rings. The Bertz CT molecular complexity index is 4030. The normalized spacial score (nSPS) is 13.7. The SMILES string of the molecule is CC(C)(C)c1ccc(N2c3cc(C(C)(C)C)cc4c3B(c3c2oc(-c2ccccc2)c3-c2ccccc2)n2c3ccc(C(C)(C)C)cc3c3cc5c6cc(C(C)(C)C)ccc6n(-c6ccccc6)c5c-4c32)cc1. The van der Waals surface area contributed by atoms with Gasteiger partial charge >= 0.3 is 6.85 Å². The molecular formula is C68H64BN3O. The molecule has 5 heteroatoms. The Labute approximate surface area is 431 Å². The van der Waals surface area contributed by atoms with E-state index in [0.717, 1.165) is 45.4 Å². The summed E-state index contributed by atoms with van der Waals surface area (Å²) in [6.07, 6.45) is 0. The first-order chi connectivity index (χ1) is 34.8. The first kappa shape index (κ1) is 45.4. The van der Waals surface area contributed by atoms with E-state index < -0.39 is 0 Å². The molecule has 73 heavy (non-hydrogen) atoms. The minimum Gasteiger partial charge on any atom is -0.440 e. The number of hydrogen-bond acceptors (Lipinski definition) is 2. The van der Waals surface area contributed by atoms with Crippen molar-refractivity contribution in [1.29, 1.82) is 0 Å². The van der Waals surface area contributed by atoms with Gasteiger partial charge in [0.25, 0.3) is 0 Å². The van der Waals surface area contributed by atoms with E-state index in [1.165, 1.54) is 87.9 Å². The van der Waals surface area contributed by atoms with Crippen LogP contribution < -0.4 is 15.8 Å². The minimum atomic E-state index is -0.247. The van der Waals surface area contributed by atoms with E-state index >= 15 is 0 Å². The number of nitrogens with zero attached hydrogens (tertiary/aromatic N) is 3. The molecule has 0 spiro atoms. The minimum absolute atomic E-state index is 0.0126. The van der Waals surface area contributed by atoms with E-state index in [1.54, 1.807) is 0 Å². The van der Waals surface area contributed by atoms with E-state index in [1.807, 2.05) is 0 Å². The van der Waals surface area contributed by atoms with Gasteiger partial charge in [0.05, 0.1) is 11.0 Å². The highest BCUT2D eigenvalue weighted by Gasteiger charge is 2.49. The van der Waals surface area contributed by atoms with Crippen LogP contribution in [0.25, 0.3) is 82.9 Å². The van der Waals surface area contributed by atoms with Crippen molar-refractivity contribution >= 4 is 78.6 Å². The third-order valence-corrected chi connectivity index (χ3v) is 16.1. The van der Waals surface area contributed by atoms with E-state index in [4.69, 9.17) is 4.42 Å². The van der Waals surface area contributed by atoms with Gasteiger partial charge in [-0.2, -0.15) is 0 Å². The number of para-hydroxylation sites is 1. The van der Waals surface area contributed by atoms with Gasteiger partial charge in [-0.05, 0) is 121 Å². The lowest BCUT2D eigenvalue weighted by atomic mass is 9.44. The van der Waals surface area contributed by atoms with Crippen molar-refractivity contribution in [3.63, 3.8) is 0 Å². The molecule has 0 unspecified atom stereocenters. The maximum atomic E-state index is 7.69. The zero-order valence-corrected chi connectivity index (χ0v) is 44.5. The van der Waals surface area contributed by atoms with Crippen molar-refractivity contribution < 1.29 is 4.42 Å². The van der Waals surface area contributed by atoms with Crippen LogP contribution in [0.1, 0.15) is 105 Å². The molecule has 4 nitrogen and oxygen atoms in total. The van der Waals surface area contributed by atoms with Gasteiger partial charge in [0.2, 0.25) is 5.88 Å². The fourth-order valence-corrected chi connectivity index (χ4v) is 12.2. The standard InChI is InChI=1S/C68H64BN3O/c1-65(2,3)43-28-32-48(33-29-43)71-56-39-46(68(10,11)12)38-53-58-61-51(49-36-44(66(4,5)6)30-34-54(49)70(61)47-26-20-15-21-27-47)40-52-50-37-45(67(7,8)9)31-35-55(50)72(62(52)58)69(59(53)56)60-57(41-22-16-13-17-23-41)63(73-64(60)71)42-24-18-14-19-25-42/h13-40H,1-12H3. The van der Waals surface area contributed by atoms with Gasteiger partial charge in [0.1, 0.15) is 5.76 Å². The molecule has 0 N–H and O–H groups in total. The molecule has 360 valence electrons. The van der Waals surface area contributed by atoms with Gasteiger partial charge in [-0.1, -0.05) is 192 Å². The van der Waals surface area contributed by atoms with Crippen LogP contribution in [0.15, 0.2) is 174 Å². The number of rotatable bonds is 4. The van der Waals surface area contributed by atoms with Crippen molar-refractivity contribution in [1.82, 2.24) is 9.05 Å². The van der Waals surface area contributed by atoms with E-state index in [0.29, 0.717) is 0 Å². The number of furan rings is 1. The molecular weight excluding hydrogens is 886 g/mol. The van der Waals surface area contributed by atoms with Crippen molar-refractivity contribution in [3.05, 3.63) is 192 Å². The molecule has 0 atom stereocenters. The Morgan fingerprint density at radius 1 is 0.397 bits per heavy atom. The van der Waals surface area contributed by atoms with Crippen LogP contribution >= 0.6 is 0 Å². The van der Waals surface area contributed by atoms with Gasteiger partial charge < -0.3 is 13.5 Å². The van der Waals surface area contributed by atoms with Crippen molar-refractivity contribution in [3.8, 4) is 39.3 Å². The summed E-state index contributed by atoms with van der Waals surface area (Å²) in [7, 11) is 0. The van der Waals surface area contributed by atoms with E-state index in [2.05, 4.69) is 267 Å². The molecule has 5 heterocycles. The van der Waals surface area contributed by atoms with Crippen LogP contribution in [0.4, 0.5) is 17.3 Å².